The normalized spacial score (nSPS) is 24.6. The fourth-order valence-corrected chi connectivity index (χ4v) is 3.38. The molecule has 1 aliphatic carbocycles. The van der Waals surface area contributed by atoms with Crippen LogP contribution in [-0.4, -0.2) is 11.7 Å². The molecule has 1 aromatic carbocycles. The van der Waals surface area contributed by atoms with Crippen LogP contribution in [0.25, 0.3) is 0 Å². The van der Waals surface area contributed by atoms with E-state index in [1.807, 2.05) is 13.8 Å². The molecule has 0 saturated carbocycles. The Morgan fingerprint density at radius 1 is 1.19 bits per heavy atom. The first-order chi connectivity index (χ1) is 9.87. The van der Waals surface area contributed by atoms with Gasteiger partial charge in [-0.1, -0.05) is 32.0 Å². The summed E-state index contributed by atoms with van der Waals surface area (Å²) in [6, 6.07) is 6.39. The van der Waals surface area contributed by atoms with Crippen LogP contribution in [0.5, 0.6) is 0 Å². The van der Waals surface area contributed by atoms with Crippen LogP contribution in [0, 0.1) is 11.2 Å². The molecule has 1 aliphatic heterocycles. The molecule has 0 spiro atoms. The van der Waals surface area contributed by atoms with Gasteiger partial charge in [-0.25, -0.2) is 4.39 Å². The van der Waals surface area contributed by atoms with E-state index in [1.54, 1.807) is 18.2 Å². The fourth-order valence-electron chi connectivity index (χ4n) is 3.38. The Morgan fingerprint density at radius 3 is 2.62 bits per heavy atom. The van der Waals surface area contributed by atoms with Crippen molar-refractivity contribution in [2.24, 2.45) is 5.41 Å². The number of hydrogen-bond donors (Lipinski definition) is 1. The number of amides is 1. The van der Waals surface area contributed by atoms with E-state index < -0.39 is 5.92 Å². The number of allylic oxidation sites excluding steroid dienone is 2. The summed E-state index contributed by atoms with van der Waals surface area (Å²) in [6.07, 6.45) is 1.21. The first-order valence-corrected chi connectivity index (χ1v) is 7.18. The van der Waals surface area contributed by atoms with Crippen molar-refractivity contribution in [3.8, 4) is 0 Å². The van der Waals surface area contributed by atoms with E-state index in [2.05, 4.69) is 5.32 Å². The number of carbonyl (C=O) groups excluding carboxylic acids is 2. The van der Waals surface area contributed by atoms with Gasteiger partial charge in [-0.15, -0.1) is 0 Å². The van der Waals surface area contributed by atoms with Crippen molar-refractivity contribution in [2.75, 3.05) is 0 Å². The van der Waals surface area contributed by atoms with E-state index >= 15 is 0 Å². The lowest BCUT2D eigenvalue weighted by Gasteiger charge is -2.37. The van der Waals surface area contributed by atoms with Crippen LogP contribution in [0.2, 0.25) is 0 Å². The van der Waals surface area contributed by atoms with Crippen LogP contribution in [0.4, 0.5) is 4.39 Å². The molecule has 1 N–H and O–H groups in total. The molecule has 1 atom stereocenters. The van der Waals surface area contributed by atoms with Crippen molar-refractivity contribution in [3.63, 3.8) is 0 Å². The SMILES string of the molecule is CC1(C)CC(=O)C2=C(C1)NC(=O)C[C@H]2c1ccccc1F. The average Bonchev–Trinajstić information content (AvgIpc) is 2.36. The van der Waals surface area contributed by atoms with E-state index in [0.717, 1.165) is 0 Å². The number of hydrogen-bond acceptors (Lipinski definition) is 2. The van der Waals surface area contributed by atoms with E-state index in [-0.39, 0.29) is 29.3 Å². The largest absolute Gasteiger partial charge is 0.329 e. The van der Waals surface area contributed by atoms with Crippen molar-refractivity contribution in [2.45, 2.75) is 39.0 Å². The molecule has 0 unspecified atom stereocenters. The summed E-state index contributed by atoms with van der Waals surface area (Å²) < 4.78 is 14.1. The lowest BCUT2D eigenvalue weighted by Crippen LogP contribution is -2.40. The Hall–Kier alpha value is -1.97. The second kappa shape index (κ2) is 4.79. The van der Waals surface area contributed by atoms with Gasteiger partial charge in [0.25, 0.3) is 0 Å². The van der Waals surface area contributed by atoms with Crippen LogP contribution in [0.15, 0.2) is 35.5 Å². The van der Waals surface area contributed by atoms with Crippen LogP contribution in [-0.2, 0) is 9.59 Å². The molecule has 3 rings (SSSR count). The zero-order valence-electron chi connectivity index (χ0n) is 12.2. The van der Waals surface area contributed by atoms with Gasteiger partial charge < -0.3 is 5.32 Å². The molecule has 0 fully saturated rings. The molecule has 0 saturated heterocycles. The van der Waals surface area contributed by atoms with Crippen molar-refractivity contribution < 1.29 is 14.0 Å². The van der Waals surface area contributed by atoms with Gasteiger partial charge in [-0.2, -0.15) is 0 Å². The number of benzene rings is 1. The summed E-state index contributed by atoms with van der Waals surface area (Å²) in [6.45, 7) is 4.01. The van der Waals surface area contributed by atoms with Gasteiger partial charge in [-0.3, -0.25) is 9.59 Å². The summed E-state index contributed by atoms with van der Waals surface area (Å²) in [4.78, 5) is 24.5. The standard InChI is InChI=1S/C17H18FNO2/c1-17(2)8-13-16(14(20)9-17)11(7-15(21)19-13)10-5-3-4-6-12(10)18/h3-6,11H,7-9H2,1-2H3,(H,19,21)/t11-/m0/s1. The van der Waals surface area contributed by atoms with Crippen LogP contribution >= 0.6 is 0 Å². The van der Waals surface area contributed by atoms with Gasteiger partial charge >= 0.3 is 0 Å². The van der Waals surface area contributed by atoms with Crippen molar-refractivity contribution in [3.05, 3.63) is 46.9 Å². The number of halogens is 1. The second-order valence-electron chi connectivity index (χ2n) is 6.66. The molecule has 21 heavy (non-hydrogen) atoms. The van der Waals surface area contributed by atoms with Crippen molar-refractivity contribution in [1.29, 1.82) is 0 Å². The molecule has 0 radical (unpaired) electrons. The average molecular weight is 287 g/mol. The molecular formula is C17H18FNO2. The smallest absolute Gasteiger partial charge is 0.225 e. The van der Waals surface area contributed by atoms with Crippen LogP contribution < -0.4 is 5.32 Å². The molecular weight excluding hydrogens is 269 g/mol. The molecule has 0 bridgehead atoms. The fraction of sp³-hybridized carbons (Fsp3) is 0.412. The van der Waals surface area contributed by atoms with Gasteiger partial charge in [0.2, 0.25) is 5.91 Å². The van der Waals surface area contributed by atoms with Gasteiger partial charge in [0.1, 0.15) is 5.82 Å². The highest BCUT2D eigenvalue weighted by Gasteiger charge is 2.41. The third-order valence-corrected chi connectivity index (χ3v) is 4.23. The predicted molar refractivity (Wildman–Crippen MR) is 76.9 cm³/mol. The monoisotopic (exact) mass is 287 g/mol. The lowest BCUT2D eigenvalue weighted by atomic mass is 9.70. The maximum atomic E-state index is 14.1. The highest BCUT2D eigenvalue weighted by Crippen LogP contribution is 2.44. The zero-order chi connectivity index (χ0) is 15.2. The van der Waals surface area contributed by atoms with E-state index in [1.165, 1.54) is 6.07 Å². The molecule has 1 amide bonds. The number of carbonyl (C=O) groups is 2. The topological polar surface area (TPSA) is 46.2 Å². The Kier molecular flexibility index (Phi) is 3.19. The maximum absolute atomic E-state index is 14.1. The van der Waals surface area contributed by atoms with Crippen molar-refractivity contribution >= 4 is 11.7 Å². The Balaban J connectivity index is 2.11. The number of ketones is 1. The minimum Gasteiger partial charge on any atom is -0.329 e. The molecule has 4 heteroatoms. The van der Waals surface area contributed by atoms with Crippen molar-refractivity contribution in [1.82, 2.24) is 5.32 Å². The highest BCUT2D eigenvalue weighted by molar-refractivity contribution is 6.02. The molecule has 0 aromatic heterocycles. The third kappa shape index (κ3) is 2.50. The summed E-state index contributed by atoms with van der Waals surface area (Å²) in [7, 11) is 0. The second-order valence-corrected chi connectivity index (χ2v) is 6.66. The summed E-state index contributed by atoms with van der Waals surface area (Å²) in [5.41, 5.74) is 1.55. The molecule has 1 aromatic rings. The third-order valence-electron chi connectivity index (χ3n) is 4.23. The minimum atomic E-state index is -0.460. The first-order valence-electron chi connectivity index (χ1n) is 7.18. The van der Waals surface area contributed by atoms with E-state index in [0.29, 0.717) is 29.7 Å². The van der Waals surface area contributed by atoms with Gasteiger partial charge in [0.05, 0.1) is 0 Å². The van der Waals surface area contributed by atoms with Crippen LogP contribution in [0.3, 0.4) is 0 Å². The quantitative estimate of drug-likeness (QED) is 0.863. The van der Waals surface area contributed by atoms with Gasteiger partial charge in [-0.05, 0) is 23.5 Å². The first kappa shape index (κ1) is 14.0. The lowest BCUT2D eigenvalue weighted by molar-refractivity contribution is -0.122. The van der Waals surface area contributed by atoms with E-state index in [4.69, 9.17) is 0 Å². The molecule has 1 heterocycles. The van der Waals surface area contributed by atoms with Crippen LogP contribution in [0.1, 0.15) is 44.6 Å². The predicted octanol–water partition coefficient (Wildman–Crippen LogP) is 3.07. The summed E-state index contributed by atoms with van der Waals surface area (Å²) >= 11 is 0. The Labute approximate surface area is 123 Å². The summed E-state index contributed by atoms with van der Waals surface area (Å²) in [5, 5.41) is 2.82. The van der Waals surface area contributed by atoms with Gasteiger partial charge in [0.15, 0.2) is 5.78 Å². The number of nitrogens with one attached hydrogen (secondary N) is 1. The zero-order valence-corrected chi connectivity index (χ0v) is 12.2. The Bertz CT molecular complexity index is 661. The number of rotatable bonds is 1. The molecule has 3 nitrogen and oxygen atoms in total. The minimum absolute atomic E-state index is 0.0227. The maximum Gasteiger partial charge on any atom is 0.225 e. The molecule has 2 aliphatic rings. The molecule has 110 valence electrons. The van der Waals surface area contributed by atoms with Gasteiger partial charge in [0, 0.05) is 30.0 Å². The highest BCUT2D eigenvalue weighted by atomic mass is 19.1. The Morgan fingerprint density at radius 2 is 1.90 bits per heavy atom. The number of Topliss-reactive ketones (excluding diaryl/α,β-unsaturated/α-hetero) is 1. The summed E-state index contributed by atoms with van der Waals surface area (Å²) in [5.74, 6) is -0.942. The van der Waals surface area contributed by atoms with E-state index in [9.17, 15) is 14.0 Å².